The molecule has 1 saturated carbocycles. The van der Waals surface area contributed by atoms with Crippen LogP contribution < -0.4 is 0 Å². The molecule has 1 aliphatic rings. The fourth-order valence-electron chi connectivity index (χ4n) is 3.18. The average molecular weight is 214 g/mol. The Kier molecular flexibility index (Phi) is 4.60. The molecule has 0 aliphatic heterocycles. The van der Waals surface area contributed by atoms with Gasteiger partial charge in [0.15, 0.2) is 0 Å². The second kappa shape index (κ2) is 5.31. The molecule has 1 rings (SSSR count). The molecule has 90 valence electrons. The van der Waals surface area contributed by atoms with Crippen molar-refractivity contribution in [3.8, 4) is 0 Å². The summed E-state index contributed by atoms with van der Waals surface area (Å²) in [5, 5.41) is 20.4. The van der Waals surface area contributed by atoms with E-state index in [1.807, 2.05) is 13.8 Å². The molecule has 0 aromatic heterocycles. The van der Waals surface area contributed by atoms with Crippen LogP contribution in [0.2, 0.25) is 0 Å². The Morgan fingerprint density at radius 2 is 1.47 bits per heavy atom. The van der Waals surface area contributed by atoms with Crippen LogP contribution in [0, 0.1) is 5.41 Å². The predicted octanol–water partition coefficient (Wildman–Crippen LogP) is 2.87. The van der Waals surface area contributed by atoms with E-state index in [1.54, 1.807) is 0 Å². The lowest BCUT2D eigenvalue weighted by Gasteiger charge is -2.45. The van der Waals surface area contributed by atoms with Gasteiger partial charge in [0.25, 0.3) is 0 Å². The van der Waals surface area contributed by atoms with Gasteiger partial charge in [0.1, 0.15) is 0 Å². The zero-order chi connectivity index (χ0) is 11.4. The first-order valence-corrected chi connectivity index (χ1v) is 6.47. The van der Waals surface area contributed by atoms with Crippen LogP contribution >= 0.6 is 0 Å². The van der Waals surface area contributed by atoms with Crippen molar-refractivity contribution in [1.82, 2.24) is 0 Å². The van der Waals surface area contributed by atoms with Crippen molar-refractivity contribution in [2.24, 2.45) is 5.41 Å². The lowest BCUT2D eigenvalue weighted by Crippen LogP contribution is -2.49. The summed E-state index contributed by atoms with van der Waals surface area (Å²) in [4.78, 5) is 0. The minimum absolute atomic E-state index is 0.144. The second-order valence-electron chi connectivity index (χ2n) is 5.09. The lowest BCUT2D eigenvalue weighted by atomic mass is 9.65. The van der Waals surface area contributed by atoms with E-state index in [0.29, 0.717) is 0 Å². The quantitative estimate of drug-likeness (QED) is 0.706. The molecule has 2 heteroatoms. The van der Waals surface area contributed by atoms with Gasteiger partial charge in [-0.2, -0.15) is 0 Å². The average Bonchev–Trinajstić information content (AvgIpc) is 2.54. The van der Waals surface area contributed by atoms with Crippen LogP contribution in [0.4, 0.5) is 0 Å². The molecule has 0 spiro atoms. The molecule has 15 heavy (non-hydrogen) atoms. The normalized spacial score (nSPS) is 22.4. The number of aliphatic hydroxyl groups excluding tert-OH is 1. The molecule has 0 unspecified atom stereocenters. The molecular formula is C13H26O2. The highest BCUT2D eigenvalue weighted by atomic mass is 16.3. The van der Waals surface area contributed by atoms with Gasteiger partial charge >= 0.3 is 0 Å². The Hall–Kier alpha value is -0.0800. The van der Waals surface area contributed by atoms with E-state index in [2.05, 4.69) is 0 Å². The Morgan fingerprint density at radius 3 is 1.80 bits per heavy atom. The summed E-state index contributed by atoms with van der Waals surface area (Å²) in [6.07, 6.45) is 8.31. The van der Waals surface area contributed by atoms with Gasteiger partial charge in [-0.3, -0.25) is 0 Å². The van der Waals surface area contributed by atoms with Crippen LogP contribution in [0.3, 0.4) is 0 Å². The first-order chi connectivity index (χ1) is 7.14. The summed E-state index contributed by atoms with van der Waals surface area (Å²) in [5.41, 5.74) is -0.890. The van der Waals surface area contributed by atoms with Crippen molar-refractivity contribution in [3.05, 3.63) is 0 Å². The van der Waals surface area contributed by atoms with E-state index in [1.165, 1.54) is 12.8 Å². The third-order valence-corrected chi connectivity index (χ3v) is 4.52. The maximum absolute atomic E-state index is 10.7. The largest absolute Gasteiger partial charge is 0.396 e. The summed E-state index contributed by atoms with van der Waals surface area (Å²) in [6, 6.07) is 0. The smallest absolute Gasteiger partial charge is 0.0720 e. The van der Waals surface area contributed by atoms with E-state index < -0.39 is 5.60 Å². The number of hydrogen-bond acceptors (Lipinski definition) is 2. The molecule has 0 aromatic rings. The fraction of sp³-hybridized carbons (Fsp3) is 1.00. The summed E-state index contributed by atoms with van der Waals surface area (Å²) in [5.74, 6) is 0. The second-order valence-corrected chi connectivity index (χ2v) is 5.09. The van der Waals surface area contributed by atoms with Crippen molar-refractivity contribution < 1.29 is 10.2 Å². The monoisotopic (exact) mass is 214 g/mol. The fourth-order valence-corrected chi connectivity index (χ4v) is 3.18. The molecule has 0 amide bonds. The molecule has 1 aliphatic carbocycles. The molecule has 2 N–H and O–H groups in total. The molecular weight excluding hydrogens is 188 g/mol. The predicted molar refractivity (Wildman–Crippen MR) is 62.8 cm³/mol. The molecule has 0 saturated heterocycles. The van der Waals surface area contributed by atoms with E-state index >= 15 is 0 Å². The zero-order valence-electron chi connectivity index (χ0n) is 10.3. The van der Waals surface area contributed by atoms with E-state index in [4.69, 9.17) is 0 Å². The Labute approximate surface area is 93.7 Å². The number of hydrogen-bond donors (Lipinski definition) is 2. The number of aliphatic hydroxyl groups is 2. The van der Waals surface area contributed by atoms with E-state index in [0.717, 1.165) is 38.5 Å². The highest BCUT2D eigenvalue weighted by Crippen LogP contribution is 2.46. The Balaban J connectivity index is 2.89. The van der Waals surface area contributed by atoms with Crippen molar-refractivity contribution in [1.29, 1.82) is 0 Å². The van der Waals surface area contributed by atoms with Crippen LogP contribution in [0.25, 0.3) is 0 Å². The van der Waals surface area contributed by atoms with Crippen molar-refractivity contribution in [2.45, 2.75) is 70.8 Å². The molecule has 0 bridgehead atoms. The van der Waals surface area contributed by atoms with E-state index in [-0.39, 0.29) is 12.0 Å². The minimum Gasteiger partial charge on any atom is -0.396 e. The van der Waals surface area contributed by atoms with Crippen LogP contribution in [-0.2, 0) is 0 Å². The number of rotatable bonds is 4. The maximum Gasteiger partial charge on any atom is 0.0720 e. The van der Waals surface area contributed by atoms with Crippen molar-refractivity contribution in [2.75, 3.05) is 6.61 Å². The van der Waals surface area contributed by atoms with Gasteiger partial charge < -0.3 is 10.2 Å². The topological polar surface area (TPSA) is 40.5 Å². The molecule has 0 aromatic carbocycles. The van der Waals surface area contributed by atoms with Crippen molar-refractivity contribution >= 4 is 0 Å². The van der Waals surface area contributed by atoms with Gasteiger partial charge in [-0.05, 0) is 25.7 Å². The van der Waals surface area contributed by atoms with E-state index in [9.17, 15) is 10.2 Å². The summed E-state index contributed by atoms with van der Waals surface area (Å²) < 4.78 is 0. The summed E-state index contributed by atoms with van der Waals surface area (Å²) in [7, 11) is 0. The highest BCUT2D eigenvalue weighted by Gasteiger charge is 2.47. The van der Waals surface area contributed by atoms with Crippen LogP contribution in [0.1, 0.15) is 65.2 Å². The lowest BCUT2D eigenvalue weighted by molar-refractivity contribution is -0.123. The highest BCUT2D eigenvalue weighted by molar-refractivity contribution is 4.97. The molecule has 1 fully saturated rings. The van der Waals surface area contributed by atoms with Gasteiger partial charge in [-0.1, -0.05) is 39.5 Å². The van der Waals surface area contributed by atoms with Crippen LogP contribution in [0.15, 0.2) is 0 Å². The van der Waals surface area contributed by atoms with Gasteiger partial charge in [0.05, 0.1) is 12.2 Å². The maximum atomic E-state index is 10.7. The van der Waals surface area contributed by atoms with Gasteiger partial charge in [-0.15, -0.1) is 0 Å². The third-order valence-electron chi connectivity index (χ3n) is 4.52. The SMILES string of the molecule is CCC(O)(CC)C1(CO)CCCCCC1. The molecule has 0 radical (unpaired) electrons. The minimum atomic E-state index is -0.661. The van der Waals surface area contributed by atoms with Gasteiger partial charge in [0.2, 0.25) is 0 Å². The summed E-state index contributed by atoms with van der Waals surface area (Å²) in [6.45, 7) is 4.21. The Morgan fingerprint density at radius 1 is 1.00 bits per heavy atom. The summed E-state index contributed by atoms with van der Waals surface area (Å²) >= 11 is 0. The first kappa shape index (κ1) is 13.0. The zero-order valence-corrected chi connectivity index (χ0v) is 10.3. The van der Waals surface area contributed by atoms with Gasteiger partial charge in [-0.25, -0.2) is 0 Å². The molecule has 0 atom stereocenters. The van der Waals surface area contributed by atoms with Crippen LogP contribution in [-0.4, -0.2) is 22.4 Å². The van der Waals surface area contributed by atoms with Crippen molar-refractivity contribution in [3.63, 3.8) is 0 Å². The third kappa shape index (κ3) is 2.36. The molecule has 0 heterocycles. The standard InChI is InChI=1S/C13H26O2/c1-3-13(15,4-2)12(11-14)9-7-5-6-8-10-12/h14-15H,3-11H2,1-2H3. The Bertz CT molecular complexity index is 177. The van der Waals surface area contributed by atoms with Crippen LogP contribution in [0.5, 0.6) is 0 Å². The first-order valence-electron chi connectivity index (χ1n) is 6.47. The molecule has 2 nitrogen and oxygen atoms in total. The van der Waals surface area contributed by atoms with Gasteiger partial charge in [0, 0.05) is 5.41 Å².